The summed E-state index contributed by atoms with van der Waals surface area (Å²) in [7, 11) is 0. The molecule has 0 atom stereocenters. The highest BCUT2D eigenvalue weighted by molar-refractivity contribution is 5.98. The number of pyridine rings is 1. The summed E-state index contributed by atoms with van der Waals surface area (Å²) in [5.74, 6) is 0.242. The third-order valence-electron chi connectivity index (χ3n) is 3.46. The molecule has 2 heteroatoms. The van der Waals surface area contributed by atoms with Crippen LogP contribution in [0.15, 0.2) is 36.4 Å². The van der Waals surface area contributed by atoms with Crippen LogP contribution >= 0.6 is 0 Å². The normalized spacial score (nSPS) is 14.4. The molecular formula is C16H15NO. The van der Waals surface area contributed by atoms with Crippen LogP contribution in [-0.2, 0) is 6.42 Å². The molecule has 1 aromatic heterocycles. The highest BCUT2D eigenvalue weighted by Crippen LogP contribution is 2.27. The molecule has 0 saturated heterocycles. The van der Waals surface area contributed by atoms with Crippen LogP contribution in [0.3, 0.4) is 0 Å². The van der Waals surface area contributed by atoms with Crippen molar-refractivity contribution in [2.45, 2.75) is 26.2 Å². The summed E-state index contributed by atoms with van der Waals surface area (Å²) in [6, 6.07) is 12.2. The molecule has 0 unspecified atom stereocenters. The van der Waals surface area contributed by atoms with Crippen molar-refractivity contribution in [3.8, 4) is 11.3 Å². The first kappa shape index (κ1) is 11.1. The van der Waals surface area contributed by atoms with Gasteiger partial charge in [0.2, 0.25) is 0 Å². The van der Waals surface area contributed by atoms with E-state index in [1.807, 2.05) is 31.2 Å². The van der Waals surface area contributed by atoms with E-state index in [0.29, 0.717) is 6.42 Å². The van der Waals surface area contributed by atoms with Crippen molar-refractivity contribution in [1.82, 2.24) is 4.98 Å². The van der Waals surface area contributed by atoms with Gasteiger partial charge in [0, 0.05) is 17.5 Å². The standard InChI is InChI=1S/C16H15NO/c1-11-10-13-14(8-5-9-15(13)18)17-16(11)12-6-3-2-4-7-12/h2-4,6-7,10H,5,8-9H2,1H3. The molecular weight excluding hydrogens is 222 g/mol. The minimum Gasteiger partial charge on any atom is -0.294 e. The second-order valence-corrected chi connectivity index (χ2v) is 4.79. The van der Waals surface area contributed by atoms with E-state index in [0.717, 1.165) is 40.9 Å². The van der Waals surface area contributed by atoms with Crippen molar-refractivity contribution < 1.29 is 4.79 Å². The van der Waals surface area contributed by atoms with Crippen LogP contribution in [0.25, 0.3) is 11.3 Å². The third-order valence-corrected chi connectivity index (χ3v) is 3.46. The van der Waals surface area contributed by atoms with E-state index in [1.165, 1.54) is 0 Å². The lowest BCUT2D eigenvalue weighted by Gasteiger charge is -2.16. The molecule has 1 aliphatic carbocycles. The number of hydrogen-bond donors (Lipinski definition) is 0. The smallest absolute Gasteiger partial charge is 0.164 e. The van der Waals surface area contributed by atoms with Crippen molar-refractivity contribution in [1.29, 1.82) is 0 Å². The Bertz CT molecular complexity index is 602. The molecule has 0 aliphatic heterocycles. The summed E-state index contributed by atoms with van der Waals surface area (Å²) in [6.07, 6.45) is 2.51. The van der Waals surface area contributed by atoms with Gasteiger partial charge >= 0.3 is 0 Å². The van der Waals surface area contributed by atoms with Gasteiger partial charge in [-0.25, -0.2) is 0 Å². The number of hydrogen-bond acceptors (Lipinski definition) is 2. The molecule has 0 saturated carbocycles. The van der Waals surface area contributed by atoms with E-state index in [4.69, 9.17) is 4.98 Å². The van der Waals surface area contributed by atoms with Gasteiger partial charge in [-0.1, -0.05) is 30.3 Å². The maximum Gasteiger partial charge on any atom is 0.164 e. The number of rotatable bonds is 1. The van der Waals surface area contributed by atoms with E-state index in [-0.39, 0.29) is 5.78 Å². The minimum atomic E-state index is 0.242. The number of Topliss-reactive ketones (excluding diaryl/α,β-unsaturated/α-hetero) is 1. The Kier molecular flexibility index (Phi) is 2.71. The van der Waals surface area contributed by atoms with Gasteiger partial charge in [-0.15, -0.1) is 0 Å². The molecule has 90 valence electrons. The van der Waals surface area contributed by atoms with Gasteiger partial charge in [0.25, 0.3) is 0 Å². The number of nitrogens with zero attached hydrogens (tertiary/aromatic N) is 1. The van der Waals surface area contributed by atoms with Crippen molar-refractivity contribution in [3.63, 3.8) is 0 Å². The number of benzene rings is 1. The number of carbonyl (C=O) groups excluding carboxylic acids is 1. The van der Waals surface area contributed by atoms with Crippen LogP contribution in [0.2, 0.25) is 0 Å². The molecule has 0 fully saturated rings. The third kappa shape index (κ3) is 1.84. The Morgan fingerprint density at radius 1 is 1.11 bits per heavy atom. The number of ketones is 1. The van der Waals surface area contributed by atoms with Crippen LogP contribution < -0.4 is 0 Å². The molecule has 0 N–H and O–H groups in total. The van der Waals surface area contributed by atoms with Gasteiger partial charge in [-0.05, 0) is 31.4 Å². The summed E-state index contributed by atoms with van der Waals surface area (Å²) < 4.78 is 0. The first-order chi connectivity index (χ1) is 8.75. The van der Waals surface area contributed by atoms with Gasteiger partial charge in [0.05, 0.1) is 11.4 Å². The number of carbonyl (C=O) groups is 1. The predicted molar refractivity (Wildman–Crippen MR) is 71.7 cm³/mol. The summed E-state index contributed by atoms with van der Waals surface area (Å²) in [6.45, 7) is 2.03. The van der Waals surface area contributed by atoms with Crippen molar-refractivity contribution >= 4 is 5.78 Å². The maximum absolute atomic E-state index is 11.8. The molecule has 1 aliphatic rings. The lowest BCUT2D eigenvalue weighted by atomic mass is 9.92. The van der Waals surface area contributed by atoms with Gasteiger partial charge in [-0.3, -0.25) is 9.78 Å². The quantitative estimate of drug-likeness (QED) is 0.758. The number of aryl methyl sites for hydroxylation is 2. The molecule has 0 radical (unpaired) electrons. The SMILES string of the molecule is Cc1cc2c(nc1-c1ccccc1)CCCC2=O. The van der Waals surface area contributed by atoms with Crippen molar-refractivity contribution in [3.05, 3.63) is 53.2 Å². The zero-order valence-electron chi connectivity index (χ0n) is 10.4. The van der Waals surface area contributed by atoms with E-state index >= 15 is 0 Å². The summed E-state index contributed by atoms with van der Waals surface area (Å²) in [4.78, 5) is 16.6. The largest absolute Gasteiger partial charge is 0.294 e. The first-order valence-corrected chi connectivity index (χ1v) is 6.35. The van der Waals surface area contributed by atoms with Gasteiger partial charge in [0.1, 0.15) is 0 Å². The molecule has 0 amide bonds. The lowest BCUT2D eigenvalue weighted by Crippen LogP contribution is -2.13. The predicted octanol–water partition coefficient (Wildman–Crippen LogP) is 3.58. The Balaban J connectivity index is 2.15. The topological polar surface area (TPSA) is 30.0 Å². The molecule has 3 rings (SSSR count). The average Bonchev–Trinajstić information content (AvgIpc) is 2.40. The van der Waals surface area contributed by atoms with Crippen LogP contribution in [0.5, 0.6) is 0 Å². The van der Waals surface area contributed by atoms with Gasteiger partial charge in [0.15, 0.2) is 5.78 Å². The van der Waals surface area contributed by atoms with Gasteiger partial charge in [-0.2, -0.15) is 0 Å². The molecule has 1 aromatic carbocycles. The minimum absolute atomic E-state index is 0.242. The van der Waals surface area contributed by atoms with Gasteiger partial charge < -0.3 is 0 Å². The second kappa shape index (κ2) is 4.37. The summed E-state index contributed by atoms with van der Waals surface area (Å²) in [5, 5.41) is 0. The Hall–Kier alpha value is -1.96. The van der Waals surface area contributed by atoms with Crippen LogP contribution in [0, 0.1) is 6.92 Å². The molecule has 0 spiro atoms. The molecule has 1 heterocycles. The fourth-order valence-electron chi connectivity index (χ4n) is 2.52. The van der Waals surface area contributed by atoms with Crippen LogP contribution in [0.1, 0.15) is 34.5 Å². The molecule has 2 nitrogen and oxygen atoms in total. The molecule has 18 heavy (non-hydrogen) atoms. The van der Waals surface area contributed by atoms with E-state index < -0.39 is 0 Å². The van der Waals surface area contributed by atoms with E-state index in [9.17, 15) is 4.79 Å². The monoisotopic (exact) mass is 237 g/mol. The van der Waals surface area contributed by atoms with Crippen LogP contribution in [0.4, 0.5) is 0 Å². The fourth-order valence-corrected chi connectivity index (χ4v) is 2.52. The number of fused-ring (bicyclic) bond motifs is 1. The zero-order valence-corrected chi connectivity index (χ0v) is 10.4. The number of aromatic nitrogens is 1. The van der Waals surface area contributed by atoms with E-state index in [2.05, 4.69) is 12.1 Å². The Morgan fingerprint density at radius 2 is 1.89 bits per heavy atom. The van der Waals surface area contributed by atoms with Crippen molar-refractivity contribution in [2.24, 2.45) is 0 Å². The average molecular weight is 237 g/mol. The maximum atomic E-state index is 11.8. The highest BCUT2D eigenvalue weighted by atomic mass is 16.1. The van der Waals surface area contributed by atoms with E-state index in [1.54, 1.807) is 0 Å². The lowest BCUT2D eigenvalue weighted by molar-refractivity contribution is 0.0971. The Labute approximate surface area is 107 Å². The summed E-state index contributed by atoms with van der Waals surface area (Å²) >= 11 is 0. The van der Waals surface area contributed by atoms with Crippen molar-refractivity contribution in [2.75, 3.05) is 0 Å². The first-order valence-electron chi connectivity index (χ1n) is 6.35. The zero-order chi connectivity index (χ0) is 12.5. The molecule has 2 aromatic rings. The second-order valence-electron chi connectivity index (χ2n) is 4.79. The van der Waals surface area contributed by atoms with Crippen LogP contribution in [-0.4, -0.2) is 10.8 Å². The fraction of sp³-hybridized carbons (Fsp3) is 0.250. The Morgan fingerprint density at radius 3 is 2.67 bits per heavy atom. The summed E-state index contributed by atoms with van der Waals surface area (Å²) in [5.41, 5.74) is 5.00. The molecule has 0 bridgehead atoms. The highest BCUT2D eigenvalue weighted by Gasteiger charge is 2.20.